The molecular formula is C10H13BrN2O5S. The van der Waals surface area contributed by atoms with Crippen molar-refractivity contribution in [3.8, 4) is 5.75 Å². The van der Waals surface area contributed by atoms with Crippen LogP contribution in [0.3, 0.4) is 0 Å². The predicted molar refractivity (Wildman–Crippen MR) is 71.1 cm³/mol. The molecule has 7 nitrogen and oxygen atoms in total. The van der Waals surface area contributed by atoms with Crippen LogP contribution < -0.4 is 15.2 Å². The van der Waals surface area contributed by atoms with Crippen molar-refractivity contribution in [3.63, 3.8) is 0 Å². The number of nitrogens with one attached hydrogen (secondary N) is 1. The highest BCUT2D eigenvalue weighted by Crippen LogP contribution is 2.27. The first-order valence-corrected chi connectivity index (χ1v) is 7.36. The van der Waals surface area contributed by atoms with Gasteiger partial charge in [0.2, 0.25) is 15.9 Å². The van der Waals surface area contributed by atoms with Crippen molar-refractivity contribution < 1.29 is 23.1 Å². The average Bonchev–Trinajstić information content (AvgIpc) is 2.35. The van der Waals surface area contributed by atoms with Crippen LogP contribution >= 0.6 is 15.9 Å². The minimum Gasteiger partial charge on any atom is -0.496 e. The summed E-state index contributed by atoms with van der Waals surface area (Å²) in [5.41, 5.74) is 4.82. The Morgan fingerprint density at radius 2 is 2.21 bits per heavy atom. The lowest BCUT2D eigenvalue weighted by molar-refractivity contribution is -0.125. The molecule has 0 aliphatic carbocycles. The second-order valence-electron chi connectivity index (χ2n) is 3.57. The summed E-state index contributed by atoms with van der Waals surface area (Å²) in [6.45, 7) is -0.485. The van der Waals surface area contributed by atoms with Crippen molar-refractivity contribution in [1.29, 1.82) is 0 Å². The zero-order valence-corrected chi connectivity index (χ0v) is 12.4. The molecule has 106 valence electrons. The number of primary amides is 1. The van der Waals surface area contributed by atoms with E-state index in [1.165, 1.54) is 25.3 Å². The Kier molecular flexibility index (Phi) is 5.29. The molecule has 0 saturated carbocycles. The van der Waals surface area contributed by atoms with Gasteiger partial charge in [-0.2, -0.15) is 0 Å². The van der Waals surface area contributed by atoms with Crippen LogP contribution in [0.4, 0.5) is 0 Å². The molecule has 0 fully saturated rings. The molecule has 19 heavy (non-hydrogen) atoms. The number of hydrogen-bond donors (Lipinski definition) is 3. The minimum absolute atomic E-state index is 0.0307. The van der Waals surface area contributed by atoms with Crippen molar-refractivity contribution in [2.24, 2.45) is 5.73 Å². The fourth-order valence-corrected chi connectivity index (χ4v) is 2.94. The van der Waals surface area contributed by atoms with Crippen LogP contribution in [0.1, 0.15) is 0 Å². The molecule has 0 aromatic heterocycles. The van der Waals surface area contributed by atoms with Crippen molar-refractivity contribution in [2.45, 2.75) is 11.0 Å². The van der Waals surface area contributed by atoms with Gasteiger partial charge in [0.1, 0.15) is 11.9 Å². The third-order valence-corrected chi connectivity index (χ3v) is 4.27. The van der Waals surface area contributed by atoms with Crippen LogP contribution in [0.2, 0.25) is 0 Å². The number of ether oxygens (including phenoxy) is 1. The van der Waals surface area contributed by atoms with E-state index in [1.807, 2.05) is 0 Å². The molecule has 1 aromatic rings. The number of methoxy groups -OCH3 is 1. The zero-order valence-electron chi connectivity index (χ0n) is 9.96. The fraction of sp³-hybridized carbons (Fsp3) is 0.300. The number of aliphatic hydroxyl groups is 1. The lowest BCUT2D eigenvalue weighted by Crippen LogP contribution is -2.39. The van der Waals surface area contributed by atoms with Gasteiger partial charge in [-0.3, -0.25) is 4.79 Å². The summed E-state index contributed by atoms with van der Waals surface area (Å²) in [5.74, 6) is -0.519. The van der Waals surface area contributed by atoms with Gasteiger partial charge in [0.05, 0.1) is 16.5 Å². The number of amides is 1. The SMILES string of the molecule is COc1ccc(S(=O)(=O)NCC(O)C(N)=O)cc1Br. The highest BCUT2D eigenvalue weighted by Gasteiger charge is 2.19. The van der Waals surface area contributed by atoms with Crippen molar-refractivity contribution in [1.82, 2.24) is 4.72 Å². The summed E-state index contributed by atoms with van der Waals surface area (Å²) in [7, 11) is -2.39. The number of rotatable bonds is 6. The Hall–Kier alpha value is -1.16. The molecule has 0 bridgehead atoms. The van der Waals surface area contributed by atoms with E-state index < -0.39 is 28.6 Å². The van der Waals surface area contributed by atoms with E-state index in [0.717, 1.165) is 0 Å². The molecule has 9 heteroatoms. The van der Waals surface area contributed by atoms with Gasteiger partial charge < -0.3 is 15.6 Å². The first-order valence-electron chi connectivity index (χ1n) is 5.08. The van der Waals surface area contributed by atoms with Crippen LogP contribution in [0.15, 0.2) is 27.6 Å². The molecule has 0 aliphatic heterocycles. The molecule has 4 N–H and O–H groups in total. The monoisotopic (exact) mass is 352 g/mol. The average molecular weight is 353 g/mol. The van der Waals surface area contributed by atoms with Gasteiger partial charge in [0.25, 0.3) is 0 Å². The number of nitrogens with two attached hydrogens (primary N) is 1. The third-order valence-electron chi connectivity index (χ3n) is 2.23. The number of carbonyl (C=O) groups excluding carboxylic acids is 1. The molecule has 0 spiro atoms. The maximum atomic E-state index is 11.9. The maximum Gasteiger partial charge on any atom is 0.247 e. The number of carbonyl (C=O) groups is 1. The molecule has 1 aromatic carbocycles. The van der Waals surface area contributed by atoms with Gasteiger partial charge in [-0.1, -0.05) is 0 Å². The number of halogens is 1. The highest BCUT2D eigenvalue weighted by atomic mass is 79.9. The summed E-state index contributed by atoms with van der Waals surface area (Å²) < 4.78 is 31.3. The summed E-state index contributed by atoms with van der Waals surface area (Å²) in [6.07, 6.45) is -1.57. The lowest BCUT2D eigenvalue weighted by Gasteiger charge is -2.10. The molecule has 0 saturated heterocycles. The quantitative estimate of drug-likeness (QED) is 0.642. The van der Waals surface area contributed by atoms with Crippen LogP contribution in [-0.4, -0.2) is 39.2 Å². The minimum atomic E-state index is -3.84. The normalized spacial score (nSPS) is 13.0. The largest absolute Gasteiger partial charge is 0.496 e. The number of hydrogen-bond acceptors (Lipinski definition) is 5. The smallest absolute Gasteiger partial charge is 0.247 e. The van der Waals surface area contributed by atoms with Crippen LogP contribution in [0.5, 0.6) is 5.75 Å². The van der Waals surface area contributed by atoms with Gasteiger partial charge in [-0.05, 0) is 34.1 Å². The van der Waals surface area contributed by atoms with Crippen LogP contribution in [0.25, 0.3) is 0 Å². The zero-order chi connectivity index (χ0) is 14.6. The Bertz CT molecular complexity index is 575. The Balaban J connectivity index is 2.89. The van der Waals surface area contributed by atoms with Gasteiger partial charge in [0.15, 0.2) is 0 Å². The lowest BCUT2D eigenvalue weighted by atomic mass is 10.3. The third kappa shape index (κ3) is 4.16. The first-order chi connectivity index (χ1) is 8.77. The number of sulfonamides is 1. The van der Waals surface area contributed by atoms with Crippen LogP contribution in [0, 0.1) is 0 Å². The van der Waals surface area contributed by atoms with Gasteiger partial charge in [-0.25, -0.2) is 13.1 Å². The maximum absolute atomic E-state index is 11.9. The van der Waals surface area contributed by atoms with Crippen molar-refractivity contribution in [3.05, 3.63) is 22.7 Å². The highest BCUT2D eigenvalue weighted by molar-refractivity contribution is 9.10. The predicted octanol–water partition coefficient (Wildman–Crippen LogP) is -0.418. The summed E-state index contributed by atoms with van der Waals surface area (Å²) in [6, 6.07) is 4.16. The van der Waals surface area contributed by atoms with Crippen molar-refractivity contribution in [2.75, 3.05) is 13.7 Å². The second-order valence-corrected chi connectivity index (χ2v) is 6.19. The van der Waals surface area contributed by atoms with E-state index in [0.29, 0.717) is 10.2 Å². The molecule has 0 radical (unpaired) electrons. The van der Waals surface area contributed by atoms with E-state index in [4.69, 9.17) is 15.6 Å². The first kappa shape index (κ1) is 15.9. The summed E-state index contributed by atoms with van der Waals surface area (Å²) >= 11 is 3.16. The summed E-state index contributed by atoms with van der Waals surface area (Å²) in [5, 5.41) is 9.14. The fourth-order valence-electron chi connectivity index (χ4n) is 1.19. The number of benzene rings is 1. The molecular weight excluding hydrogens is 340 g/mol. The number of aliphatic hydroxyl groups excluding tert-OH is 1. The molecule has 1 atom stereocenters. The molecule has 0 aliphatic rings. The Morgan fingerprint density at radius 3 is 2.68 bits per heavy atom. The van der Waals surface area contributed by atoms with Gasteiger partial charge >= 0.3 is 0 Å². The van der Waals surface area contributed by atoms with Crippen LogP contribution in [-0.2, 0) is 14.8 Å². The van der Waals surface area contributed by atoms with Gasteiger partial charge in [0, 0.05) is 6.54 Å². The molecule has 1 rings (SSSR count). The van der Waals surface area contributed by atoms with E-state index in [9.17, 15) is 13.2 Å². The second kappa shape index (κ2) is 6.33. The standard InChI is InChI=1S/C10H13BrN2O5S/c1-18-9-3-2-6(4-7(9)11)19(16,17)13-5-8(14)10(12)15/h2-4,8,13-14H,5H2,1H3,(H2,12,15). The van der Waals surface area contributed by atoms with E-state index in [2.05, 4.69) is 20.7 Å². The Labute approximate surface area is 118 Å². The Morgan fingerprint density at radius 1 is 1.58 bits per heavy atom. The molecule has 1 unspecified atom stereocenters. The van der Waals surface area contributed by atoms with Gasteiger partial charge in [-0.15, -0.1) is 0 Å². The molecule has 1 amide bonds. The van der Waals surface area contributed by atoms with Crippen molar-refractivity contribution >= 4 is 31.9 Å². The molecule has 0 heterocycles. The van der Waals surface area contributed by atoms with E-state index in [1.54, 1.807) is 0 Å². The van der Waals surface area contributed by atoms with E-state index in [-0.39, 0.29) is 4.90 Å². The summed E-state index contributed by atoms with van der Waals surface area (Å²) in [4.78, 5) is 10.6. The topological polar surface area (TPSA) is 119 Å². The van der Waals surface area contributed by atoms with E-state index >= 15 is 0 Å².